The van der Waals surface area contributed by atoms with E-state index < -0.39 is 0 Å². The molecule has 1 aliphatic rings. The first-order chi connectivity index (χ1) is 14.5. The molecule has 0 atom stereocenters. The third-order valence-electron chi connectivity index (χ3n) is 5.32. The maximum Gasteiger partial charge on any atom is 0.228 e. The SMILES string of the molecule is Cc1ccc(-c2noc(CCN(CCCN3CCOCC3)C(=O)CC(C)C)n2)cc1. The van der Waals surface area contributed by atoms with Crippen molar-refractivity contribution in [2.75, 3.05) is 45.9 Å². The molecule has 7 nitrogen and oxygen atoms in total. The fourth-order valence-corrected chi connectivity index (χ4v) is 3.56. The molecule has 164 valence electrons. The van der Waals surface area contributed by atoms with E-state index in [0.717, 1.165) is 51.4 Å². The molecule has 1 fully saturated rings. The van der Waals surface area contributed by atoms with Crippen LogP contribution in [0.2, 0.25) is 0 Å². The van der Waals surface area contributed by atoms with Crippen LogP contribution >= 0.6 is 0 Å². The van der Waals surface area contributed by atoms with Gasteiger partial charge in [-0.1, -0.05) is 48.8 Å². The summed E-state index contributed by atoms with van der Waals surface area (Å²) < 4.78 is 10.8. The zero-order valence-corrected chi connectivity index (χ0v) is 18.5. The largest absolute Gasteiger partial charge is 0.379 e. The Hall–Kier alpha value is -2.25. The van der Waals surface area contributed by atoms with Crippen LogP contribution in [0.25, 0.3) is 11.4 Å². The highest BCUT2D eigenvalue weighted by atomic mass is 16.5. The number of carbonyl (C=O) groups excluding carboxylic acids is 1. The van der Waals surface area contributed by atoms with Crippen LogP contribution in [-0.4, -0.2) is 71.8 Å². The Morgan fingerprint density at radius 3 is 2.60 bits per heavy atom. The molecule has 1 saturated heterocycles. The molecule has 30 heavy (non-hydrogen) atoms. The van der Waals surface area contributed by atoms with Crippen molar-refractivity contribution in [3.05, 3.63) is 35.7 Å². The fourth-order valence-electron chi connectivity index (χ4n) is 3.56. The maximum atomic E-state index is 12.7. The molecule has 0 unspecified atom stereocenters. The molecule has 0 N–H and O–H groups in total. The van der Waals surface area contributed by atoms with Crippen LogP contribution in [0.1, 0.15) is 38.1 Å². The van der Waals surface area contributed by atoms with Gasteiger partial charge in [-0.25, -0.2) is 0 Å². The predicted molar refractivity (Wildman–Crippen MR) is 116 cm³/mol. The molecule has 1 aliphatic heterocycles. The summed E-state index contributed by atoms with van der Waals surface area (Å²) in [6.07, 6.45) is 2.10. The van der Waals surface area contributed by atoms with Gasteiger partial charge in [0, 0.05) is 51.1 Å². The molecule has 7 heteroatoms. The van der Waals surface area contributed by atoms with Crippen molar-refractivity contribution in [2.24, 2.45) is 5.92 Å². The Morgan fingerprint density at radius 1 is 1.17 bits per heavy atom. The number of amides is 1. The number of nitrogens with zero attached hydrogens (tertiary/aromatic N) is 4. The average Bonchev–Trinajstić information content (AvgIpc) is 3.20. The van der Waals surface area contributed by atoms with Crippen molar-refractivity contribution in [3.63, 3.8) is 0 Å². The lowest BCUT2D eigenvalue weighted by Gasteiger charge is -2.28. The van der Waals surface area contributed by atoms with Crippen molar-refractivity contribution >= 4 is 5.91 Å². The molecule has 0 aliphatic carbocycles. The lowest BCUT2D eigenvalue weighted by Crippen LogP contribution is -2.39. The normalized spacial score (nSPS) is 14.9. The van der Waals surface area contributed by atoms with Gasteiger partial charge in [0.1, 0.15) is 0 Å². The number of hydrogen-bond acceptors (Lipinski definition) is 6. The predicted octanol–water partition coefficient (Wildman–Crippen LogP) is 3.18. The molecule has 1 aromatic carbocycles. The lowest BCUT2D eigenvalue weighted by atomic mass is 10.1. The Bertz CT molecular complexity index is 782. The number of rotatable bonds is 10. The van der Waals surface area contributed by atoms with E-state index in [0.29, 0.717) is 37.0 Å². The summed E-state index contributed by atoms with van der Waals surface area (Å²) >= 11 is 0. The first-order valence-corrected chi connectivity index (χ1v) is 11.0. The first-order valence-electron chi connectivity index (χ1n) is 11.0. The summed E-state index contributed by atoms with van der Waals surface area (Å²) in [7, 11) is 0. The van der Waals surface area contributed by atoms with Crippen LogP contribution in [0.3, 0.4) is 0 Å². The van der Waals surface area contributed by atoms with Crippen molar-refractivity contribution < 1.29 is 14.1 Å². The highest BCUT2D eigenvalue weighted by molar-refractivity contribution is 5.76. The number of aryl methyl sites for hydroxylation is 1. The van der Waals surface area contributed by atoms with Gasteiger partial charge in [0.15, 0.2) is 0 Å². The minimum Gasteiger partial charge on any atom is -0.379 e. The van der Waals surface area contributed by atoms with Gasteiger partial charge in [-0.3, -0.25) is 9.69 Å². The molecular weight excluding hydrogens is 380 g/mol. The van der Waals surface area contributed by atoms with Gasteiger partial charge >= 0.3 is 0 Å². The highest BCUT2D eigenvalue weighted by Gasteiger charge is 2.18. The molecule has 2 heterocycles. The van der Waals surface area contributed by atoms with Gasteiger partial charge in [0.05, 0.1) is 13.2 Å². The van der Waals surface area contributed by atoms with Gasteiger partial charge in [-0.05, 0) is 19.3 Å². The van der Waals surface area contributed by atoms with E-state index in [9.17, 15) is 4.79 Å². The van der Waals surface area contributed by atoms with Crippen LogP contribution in [0.15, 0.2) is 28.8 Å². The van der Waals surface area contributed by atoms with Crippen molar-refractivity contribution in [3.8, 4) is 11.4 Å². The van der Waals surface area contributed by atoms with Gasteiger partial charge in [-0.15, -0.1) is 0 Å². The molecule has 2 aromatic rings. The van der Waals surface area contributed by atoms with E-state index in [4.69, 9.17) is 9.26 Å². The Balaban J connectivity index is 1.54. The summed E-state index contributed by atoms with van der Waals surface area (Å²) in [6, 6.07) is 8.06. The maximum absolute atomic E-state index is 12.7. The lowest BCUT2D eigenvalue weighted by molar-refractivity contribution is -0.132. The summed E-state index contributed by atoms with van der Waals surface area (Å²) in [5.41, 5.74) is 2.13. The van der Waals surface area contributed by atoms with Crippen molar-refractivity contribution in [1.29, 1.82) is 0 Å². The van der Waals surface area contributed by atoms with Gasteiger partial charge < -0.3 is 14.2 Å². The second-order valence-corrected chi connectivity index (χ2v) is 8.41. The Kier molecular flexibility index (Phi) is 8.39. The Labute approximate surface area is 179 Å². The fraction of sp³-hybridized carbons (Fsp3) is 0.609. The minimum atomic E-state index is 0.199. The molecule has 3 rings (SSSR count). The smallest absolute Gasteiger partial charge is 0.228 e. The highest BCUT2D eigenvalue weighted by Crippen LogP contribution is 2.17. The molecule has 1 amide bonds. The second kappa shape index (κ2) is 11.2. The number of aromatic nitrogens is 2. The molecule has 0 radical (unpaired) electrons. The van der Waals surface area contributed by atoms with Gasteiger partial charge in [0.25, 0.3) is 0 Å². The number of benzene rings is 1. The number of ether oxygens (including phenoxy) is 1. The second-order valence-electron chi connectivity index (χ2n) is 8.41. The van der Waals surface area contributed by atoms with E-state index in [2.05, 4.69) is 28.9 Å². The van der Waals surface area contributed by atoms with Crippen LogP contribution in [0.5, 0.6) is 0 Å². The summed E-state index contributed by atoms with van der Waals surface area (Å²) in [5, 5.41) is 4.10. The van der Waals surface area contributed by atoms with E-state index in [-0.39, 0.29) is 5.91 Å². The van der Waals surface area contributed by atoms with Crippen LogP contribution in [0.4, 0.5) is 0 Å². The zero-order valence-electron chi connectivity index (χ0n) is 18.5. The third-order valence-corrected chi connectivity index (χ3v) is 5.32. The number of carbonyl (C=O) groups is 1. The third kappa shape index (κ3) is 6.92. The Morgan fingerprint density at radius 2 is 1.90 bits per heavy atom. The summed E-state index contributed by atoms with van der Waals surface area (Å²) in [5.74, 6) is 1.71. The summed E-state index contributed by atoms with van der Waals surface area (Å²) in [4.78, 5) is 21.6. The monoisotopic (exact) mass is 414 g/mol. The van der Waals surface area contributed by atoms with E-state index in [1.54, 1.807) is 0 Å². The van der Waals surface area contributed by atoms with Gasteiger partial charge in [0.2, 0.25) is 17.6 Å². The van der Waals surface area contributed by atoms with E-state index in [1.807, 2.05) is 36.1 Å². The molecule has 0 spiro atoms. The number of hydrogen-bond donors (Lipinski definition) is 0. The van der Waals surface area contributed by atoms with E-state index in [1.165, 1.54) is 5.56 Å². The van der Waals surface area contributed by atoms with Crippen molar-refractivity contribution in [2.45, 2.75) is 40.0 Å². The van der Waals surface area contributed by atoms with Crippen LogP contribution < -0.4 is 0 Å². The molecule has 0 saturated carbocycles. The first kappa shape index (κ1) is 22.4. The summed E-state index contributed by atoms with van der Waals surface area (Å²) in [6.45, 7) is 12.1. The zero-order chi connectivity index (χ0) is 21.3. The molecule has 1 aromatic heterocycles. The van der Waals surface area contributed by atoms with Crippen LogP contribution in [0, 0.1) is 12.8 Å². The standard InChI is InChI=1S/C23H34N4O3/c1-18(2)17-22(28)27(11-4-10-26-13-15-29-16-14-26)12-9-21-24-23(25-30-21)20-7-5-19(3)6-8-20/h5-8,18H,4,9-17H2,1-3H3. The van der Waals surface area contributed by atoms with Crippen LogP contribution in [-0.2, 0) is 16.0 Å². The minimum absolute atomic E-state index is 0.199. The van der Waals surface area contributed by atoms with Gasteiger partial charge in [-0.2, -0.15) is 4.98 Å². The molecular formula is C23H34N4O3. The molecule has 0 bridgehead atoms. The average molecular weight is 415 g/mol. The van der Waals surface area contributed by atoms with Crippen molar-refractivity contribution in [1.82, 2.24) is 19.9 Å². The van der Waals surface area contributed by atoms with E-state index >= 15 is 0 Å². The number of morpholine rings is 1. The topological polar surface area (TPSA) is 71.7 Å². The quantitative estimate of drug-likeness (QED) is 0.595.